The molecule has 0 aliphatic heterocycles. The number of rotatable bonds is 12. The Bertz CT molecular complexity index is 863. The van der Waals surface area contributed by atoms with Crippen LogP contribution in [0.4, 0.5) is 0 Å². The third-order valence-electron chi connectivity index (χ3n) is 4.46. The lowest BCUT2D eigenvalue weighted by Crippen LogP contribution is -2.30. The van der Waals surface area contributed by atoms with Gasteiger partial charge in [-0.1, -0.05) is 49.7 Å². The first-order valence-corrected chi connectivity index (χ1v) is 10.6. The van der Waals surface area contributed by atoms with E-state index in [9.17, 15) is 9.59 Å². The lowest BCUT2D eigenvalue weighted by Gasteiger charge is -2.14. The second-order valence-electron chi connectivity index (χ2n) is 6.98. The van der Waals surface area contributed by atoms with Crippen molar-refractivity contribution in [1.29, 1.82) is 0 Å². The zero-order chi connectivity index (χ0) is 22.5. The molecule has 0 heterocycles. The first-order valence-electron chi connectivity index (χ1n) is 10.6. The molecule has 1 atom stereocenters. The maximum absolute atomic E-state index is 12.0. The van der Waals surface area contributed by atoms with Gasteiger partial charge in [0.1, 0.15) is 0 Å². The SMILES string of the molecule is CCCCOc1ccc(/C=C/C(=O)OCC(=O)N[C@H](C)c2ccccc2)cc1OCC. The minimum atomic E-state index is -0.594. The maximum atomic E-state index is 12.0. The number of carbonyl (C=O) groups excluding carboxylic acids is 2. The molecule has 0 saturated heterocycles. The van der Waals surface area contributed by atoms with Crippen molar-refractivity contribution in [2.45, 2.75) is 39.7 Å². The fraction of sp³-hybridized carbons (Fsp3) is 0.360. The number of benzene rings is 2. The smallest absolute Gasteiger partial charge is 0.331 e. The van der Waals surface area contributed by atoms with E-state index in [-0.39, 0.29) is 18.6 Å². The Balaban J connectivity index is 1.86. The van der Waals surface area contributed by atoms with Gasteiger partial charge in [-0.15, -0.1) is 0 Å². The van der Waals surface area contributed by atoms with Crippen molar-refractivity contribution in [2.75, 3.05) is 19.8 Å². The molecule has 6 nitrogen and oxygen atoms in total. The summed E-state index contributed by atoms with van der Waals surface area (Å²) in [6, 6.07) is 14.9. The average molecular weight is 426 g/mol. The van der Waals surface area contributed by atoms with E-state index in [1.54, 1.807) is 6.08 Å². The molecule has 0 aliphatic carbocycles. The number of hydrogen-bond acceptors (Lipinski definition) is 5. The third kappa shape index (κ3) is 8.54. The van der Waals surface area contributed by atoms with E-state index in [1.165, 1.54) is 6.08 Å². The summed E-state index contributed by atoms with van der Waals surface area (Å²) in [5, 5.41) is 2.80. The Morgan fingerprint density at radius 2 is 1.81 bits per heavy atom. The third-order valence-corrected chi connectivity index (χ3v) is 4.46. The topological polar surface area (TPSA) is 73.9 Å². The van der Waals surface area contributed by atoms with Crippen molar-refractivity contribution < 1.29 is 23.8 Å². The van der Waals surface area contributed by atoms with Gasteiger partial charge >= 0.3 is 5.97 Å². The molecule has 1 N–H and O–H groups in total. The summed E-state index contributed by atoms with van der Waals surface area (Å²) in [6.45, 7) is 6.68. The fourth-order valence-corrected chi connectivity index (χ4v) is 2.80. The van der Waals surface area contributed by atoms with Gasteiger partial charge in [0, 0.05) is 6.08 Å². The lowest BCUT2D eigenvalue weighted by atomic mass is 10.1. The van der Waals surface area contributed by atoms with Gasteiger partial charge in [-0.3, -0.25) is 4.79 Å². The maximum Gasteiger partial charge on any atom is 0.331 e. The first-order chi connectivity index (χ1) is 15.0. The van der Waals surface area contributed by atoms with Crippen LogP contribution in [0.1, 0.15) is 50.8 Å². The van der Waals surface area contributed by atoms with Gasteiger partial charge in [0.2, 0.25) is 0 Å². The van der Waals surface area contributed by atoms with Crippen LogP contribution in [-0.2, 0) is 14.3 Å². The van der Waals surface area contributed by atoms with Crippen LogP contribution in [0.5, 0.6) is 11.5 Å². The highest BCUT2D eigenvalue weighted by molar-refractivity contribution is 5.89. The molecule has 2 rings (SSSR count). The van der Waals surface area contributed by atoms with Crippen LogP contribution in [0.25, 0.3) is 6.08 Å². The van der Waals surface area contributed by atoms with Crippen molar-refractivity contribution in [3.05, 3.63) is 65.7 Å². The molecule has 0 fully saturated rings. The Morgan fingerprint density at radius 1 is 1.03 bits per heavy atom. The number of ether oxygens (including phenoxy) is 3. The number of amides is 1. The first kappa shape index (κ1) is 24.0. The second kappa shape index (κ2) is 13.1. The van der Waals surface area contributed by atoms with Gasteiger partial charge in [-0.2, -0.15) is 0 Å². The van der Waals surface area contributed by atoms with E-state index in [1.807, 2.05) is 62.4 Å². The van der Waals surface area contributed by atoms with Gasteiger partial charge in [-0.05, 0) is 49.6 Å². The van der Waals surface area contributed by atoms with Gasteiger partial charge in [-0.25, -0.2) is 4.79 Å². The summed E-state index contributed by atoms with van der Waals surface area (Å²) >= 11 is 0. The Labute approximate surface area is 184 Å². The van der Waals surface area contributed by atoms with E-state index < -0.39 is 5.97 Å². The zero-order valence-corrected chi connectivity index (χ0v) is 18.4. The highest BCUT2D eigenvalue weighted by Gasteiger charge is 2.11. The van der Waals surface area contributed by atoms with Crippen LogP contribution in [0, 0.1) is 0 Å². The molecular formula is C25H31NO5. The highest BCUT2D eigenvalue weighted by atomic mass is 16.5. The minimum Gasteiger partial charge on any atom is -0.490 e. The van der Waals surface area contributed by atoms with Crippen LogP contribution in [0.2, 0.25) is 0 Å². The van der Waals surface area contributed by atoms with Gasteiger partial charge in [0.25, 0.3) is 5.91 Å². The molecule has 0 aromatic heterocycles. The molecule has 0 unspecified atom stereocenters. The number of esters is 1. The summed E-state index contributed by atoms with van der Waals surface area (Å²) in [4.78, 5) is 24.0. The largest absolute Gasteiger partial charge is 0.490 e. The van der Waals surface area contributed by atoms with E-state index >= 15 is 0 Å². The summed E-state index contributed by atoms with van der Waals surface area (Å²) in [5.41, 5.74) is 1.75. The molecule has 2 aromatic rings. The fourth-order valence-electron chi connectivity index (χ4n) is 2.80. The normalized spacial score (nSPS) is 11.7. The number of nitrogens with one attached hydrogen (secondary N) is 1. The molecule has 0 aliphatic rings. The number of hydrogen-bond donors (Lipinski definition) is 1. The Hall–Kier alpha value is -3.28. The second-order valence-corrected chi connectivity index (χ2v) is 6.98. The van der Waals surface area contributed by atoms with Crippen LogP contribution in [-0.4, -0.2) is 31.7 Å². The standard InChI is InChI=1S/C25H31NO5/c1-4-6-16-30-22-14-12-20(17-23(22)29-5-2)13-15-25(28)31-18-24(27)26-19(3)21-10-8-7-9-11-21/h7-15,17,19H,4-6,16,18H2,1-3H3,(H,26,27)/b15-13+/t19-/m1/s1. The van der Waals surface area contributed by atoms with E-state index in [0.29, 0.717) is 24.7 Å². The van der Waals surface area contributed by atoms with Crippen LogP contribution < -0.4 is 14.8 Å². The Morgan fingerprint density at radius 3 is 2.52 bits per heavy atom. The lowest BCUT2D eigenvalue weighted by molar-refractivity contribution is -0.144. The summed E-state index contributed by atoms with van der Waals surface area (Å²) in [6.07, 6.45) is 4.93. The van der Waals surface area contributed by atoms with Crippen molar-refractivity contribution in [3.8, 4) is 11.5 Å². The van der Waals surface area contributed by atoms with Crippen molar-refractivity contribution in [2.24, 2.45) is 0 Å². The van der Waals surface area contributed by atoms with E-state index in [4.69, 9.17) is 14.2 Å². The molecule has 2 aromatic carbocycles. The quantitative estimate of drug-likeness (QED) is 0.303. The van der Waals surface area contributed by atoms with Gasteiger partial charge < -0.3 is 19.5 Å². The molecule has 0 spiro atoms. The van der Waals surface area contributed by atoms with E-state index in [0.717, 1.165) is 24.0 Å². The molecule has 1 amide bonds. The molecule has 0 radical (unpaired) electrons. The highest BCUT2D eigenvalue weighted by Crippen LogP contribution is 2.29. The summed E-state index contributed by atoms with van der Waals surface area (Å²) in [5.74, 6) is 0.358. The van der Waals surface area contributed by atoms with Crippen LogP contribution in [0.15, 0.2) is 54.6 Å². The summed E-state index contributed by atoms with van der Waals surface area (Å²) in [7, 11) is 0. The number of unbranched alkanes of at least 4 members (excludes halogenated alkanes) is 1. The van der Waals surface area contributed by atoms with Gasteiger partial charge in [0.05, 0.1) is 19.3 Å². The van der Waals surface area contributed by atoms with Crippen molar-refractivity contribution in [3.63, 3.8) is 0 Å². The van der Waals surface area contributed by atoms with Crippen LogP contribution >= 0.6 is 0 Å². The number of carbonyl (C=O) groups is 2. The van der Waals surface area contributed by atoms with Crippen LogP contribution in [0.3, 0.4) is 0 Å². The predicted molar refractivity (Wildman–Crippen MR) is 121 cm³/mol. The van der Waals surface area contributed by atoms with E-state index in [2.05, 4.69) is 12.2 Å². The summed E-state index contributed by atoms with van der Waals surface area (Å²) < 4.78 is 16.4. The molecule has 166 valence electrons. The molecule has 0 saturated carbocycles. The molecule has 6 heteroatoms. The predicted octanol–water partition coefficient (Wildman–Crippen LogP) is 4.70. The molecule has 31 heavy (non-hydrogen) atoms. The molecular weight excluding hydrogens is 394 g/mol. The monoisotopic (exact) mass is 425 g/mol. The minimum absolute atomic E-state index is 0.169. The average Bonchev–Trinajstić information content (AvgIpc) is 2.78. The van der Waals surface area contributed by atoms with Gasteiger partial charge in [0.15, 0.2) is 18.1 Å². The van der Waals surface area contributed by atoms with Crippen molar-refractivity contribution >= 4 is 18.0 Å². The molecule has 0 bridgehead atoms. The zero-order valence-electron chi connectivity index (χ0n) is 18.4. The Kier molecular flexibility index (Phi) is 10.1. The van der Waals surface area contributed by atoms with Crippen molar-refractivity contribution in [1.82, 2.24) is 5.32 Å².